The molecule has 5 N–H and O–H groups in total. The highest BCUT2D eigenvalue weighted by atomic mass is 35.5. The van der Waals surface area contributed by atoms with Gasteiger partial charge in [0.05, 0.1) is 28.5 Å². The second-order valence-electron chi connectivity index (χ2n) is 14.6. The maximum Gasteiger partial charge on any atom is 0.228 e. The minimum absolute atomic E-state index is 0.0851. The van der Waals surface area contributed by atoms with Gasteiger partial charge in [-0.25, -0.2) is 19.9 Å². The summed E-state index contributed by atoms with van der Waals surface area (Å²) in [6.07, 6.45) is 5.44. The number of amides is 2. The minimum Gasteiger partial charge on any atom is -0.383 e. The van der Waals surface area contributed by atoms with Gasteiger partial charge in [0.1, 0.15) is 23.3 Å². The van der Waals surface area contributed by atoms with Crippen LogP contribution in [0.15, 0.2) is 73.1 Å². The Labute approximate surface area is 328 Å². The molecule has 0 spiro atoms. The number of rotatable bonds is 11. The lowest BCUT2D eigenvalue weighted by molar-refractivity contribution is -0.118. The number of anilines is 4. The van der Waals surface area contributed by atoms with Crippen molar-refractivity contribution in [2.75, 3.05) is 21.7 Å². The molecule has 0 aliphatic heterocycles. The van der Waals surface area contributed by atoms with Gasteiger partial charge < -0.3 is 21.7 Å². The fourth-order valence-electron chi connectivity index (χ4n) is 7.49. The van der Waals surface area contributed by atoms with Gasteiger partial charge in [0, 0.05) is 65.5 Å². The summed E-state index contributed by atoms with van der Waals surface area (Å²) >= 11 is 6.75. The fourth-order valence-corrected chi connectivity index (χ4v) is 7.81. The van der Waals surface area contributed by atoms with Crippen LogP contribution >= 0.6 is 11.6 Å². The van der Waals surface area contributed by atoms with Crippen LogP contribution in [0.4, 0.5) is 23.3 Å². The van der Waals surface area contributed by atoms with Gasteiger partial charge in [0.2, 0.25) is 11.8 Å². The Balaban J connectivity index is 1.12. The van der Waals surface area contributed by atoms with Crippen molar-refractivity contribution in [1.29, 1.82) is 10.5 Å². The summed E-state index contributed by atoms with van der Waals surface area (Å²) in [5.41, 5.74) is 12.4. The molecule has 0 saturated heterocycles. The Bertz CT molecular complexity index is 2650. The van der Waals surface area contributed by atoms with Crippen molar-refractivity contribution >= 4 is 68.2 Å². The average molecular weight is 761 g/mol. The molecule has 0 unspecified atom stereocenters. The summed E-state index contributed by atoms with van der Waals surface area (Å²) < 4.78 is 0. The summed E-state index contributed by atoms with van der Waals surface area (Å²) in [5.74, 6) is 1.26. The number of nitrogens with two attached hydrogens (primary N) is 1. The Morgan fingerprint density at radius 3 is 1.95 bits per heavy atom. The number of aromatic nitrogens is 4. The van der Waals surface area contributed by atoms with Crippen molar-refractivity contribution in [3.05, 3.63) is 94.8 Å². The first-order chi connectivity index (χ1) is 27.1. The molecule has 13 heteroatoms. The van der Waals surface area contributed by atoms with Gasteiger partial charge in [-0.1, -0.05) is 41.9 Å². The van der Waals surface area contributed by atoms with E-state index in [1.165, 1.54) is 0 Å². The van der Waals surface area contributed by atoms with E-state index in [2.05, 4.69) is 38.1 Å². The molecular weight excluding hydrogens is 724 g/mol. The second kappa shape index (κ2) is 14.9. The van der Waals surface area contributed by atoms with E-state index in [0.29, 0.717) is 77.3 Å². The Kier molecular flexibility index (Phi) is 9.67. The largest absolute Gasteiger partial charge is 0.383 e. The van der Waals surface area contributed by atoms with E-state index in [0.717, 1.165) is 44.0 Å². The first kappa shape index (κ1) is 36.4. The molecule has 0 bridgehead atoms. The molecule has 2 aromatic carbocycles. The Hall–Kier alpha value is -6.63. The highest BCUT2D eigenvalue weighted by Gasteiger charge is 2.43. The number of fused-ring (bicyclic) bond motifs is 2. The van der Waals surface area contributed by atoms with Gasteiger partial charge in [-0.05, 0) is 96.3 Å². The number of hydrogen-bond donors (Lipinski definition) is 4. The summed E-state index contributed by atoms with van der Waals surface area (Å²) in [5, 5.41) is 31.0. The second-order valence-corrected chi connectivity index (χ2v) is 15.0. The SMILES string of the molecule is Cc1cccc(Cl)c1-c1cc2cc(NC(=O)[C@@H]3C[C@H]3CC#N)ncc2c(NCc2cccc(C)c2-c2cc3cc(NC(=O)[C@H]4C[C@@H]4CC#N)ncc3c(N)n2)n1. The summed E-state index contributed by atoms with van der Waals surface area (Å²) in [6, 6.07) is 23.6. The predicted molar refractivity (Wildman–Crippen MR) is 217 cm³/mol. The lowest BCUT2D eigenvalue weighted by Gasteiger charge is -2.17. The van der Waals surface area contributed by atoms with Gasteiger partial charge in [-0.2, -0.15) is 10.5 Å². The molecule has 2 amide bonds. The van der Waals surface area contributed by atoms with Crippen molar-refractivity contribution in [3.63, 3.8) is 0 Å². The number of aryl methyl sites for hydroxylation is 2. The van der Waals surface area contributed by atoms with Crippen LogP contribution in [0.25, 0.3) is 44.1 Å². The van der Waals surface area contributed by atoms with E-state index < -0.39 is 0 Å². The van der Waals surface area contributed by atoms with Crippen LogP contribution in [-0.2, 0) is 16.1 Å². The van der Waals surface area contributed by atoms with Gasteiger partial charge in [-0.15, -0.1) is 0 Å². The molecular formula is C43H37ClN10O2. The van der Waals surface area contributed by atoms with Gasteiger partial charge in [0.15, 0.2) is 0 Å². The molecule has 2 aliphatic carbocycles. The van der Waals surface area contributed by atoms with Gasteiger partial charge >= 0.3 is 0 Å². The molecule has 4 atom stereocenters. The van der Waals surface area contributed by atoms with Crippen LogP contribution in [0, 0.1) is 60.2 Å². The number of benzene rings is 2. The molecule has 2 saturated carbocycles. The molecule has 278 valence electrons. The minimum atomic E-state index is -0.185. The van der Waals surface area contributed by atoms with E-state index in [1.807, 2.05) is 68.4 Å². The van der Waals surface area contributed by atoms with E-state index in [1.54, 1.807) is 18.5 Å². The van der Waals surface area contributed by atoms with E-state index in [4.69, 9.17) is 37.8 Å². The highest BCUT2D eigenvalue weighted by Crippen LogP contribution is 2.43. The topological polar surface area (TPSA) is 195 Å². The Morgan fingerprint density at radius 2 is 1.34 bits per heavy atom. The number of nitrogen functional groups attached to an aromatic ring is 1. The molecule has 0 radical (unpaired) electrons. The third kappa shape index (κ3) is 7.27. The molecule has 56 heavy (non-hydrogen) atoms. The first-order valence-corrected chi connectivity index (χ1v) is 18.8. The molecule has 4 aromatic heterocycles. The van der Waals surface area contributed by atoms with Crippen LogP contribution in [0.3, 0.4) is 0 Å². The molecule has 4 heterocycles. The molecule has 2 fully saturated rings. The predicted octanol–water partition coefficient (Wildman–Crippen LogP) is 8.35. The zero-order valence-corrected chi connectivity index (χ0v) is 31.5. The normalized spacial score (nSPS) is 18.2. The number of halogens is 1. The standard InChI is InChI=1S/C43H37ClN10O2/c1-22-5-3-7-26(38(22)34-15-27-17-36(48-20-31(27)40(47)51-34)53-42(55)29-13-24(29)9-11-45)19-50-41-32-21-49-37(54-43(56)30-14-25(30)10-12-46)18-28(32)16-35(52-41)39-23(2)6-4-8-33(39)44/h3-8,15-18,20-21,24-25,29-30H,9-10,13-14,19H2,1-2H3,(H2,47,51)(H,50,52)(H,48,53,55)(H,49,54,56)/t24-,25+,29-,30+/m0/s1. The van der Waals surface area contributed by atoms with E-state index in [-0.39, 0.29) is 35.5 Å². The molecule has 12 nitrogen and oxygen atoms in total. The zero-order valence-electron chi connectivity index (χ0n) is 30.7. The maximum atomic E-state index is 12.9. The number of pyridine rings is 4. The fraction of sp³-hybridized carbons (Fsp3) is 0.256. The smallest absolute Gasteiger partial charge is 0.228 e. The number of nitriles is 2. The third-order valence-electron chi connectivity index (χ3n) is 10.7. The number of carbonyl (C=O) groups excluding carboxylic acids is 2. The average Bonchev–Trinajstić information content (AvgIpc) is 4.11. The van der Waals surface area contributed by atoms with Gasteiger partial charge in [-0.3, -0.25) is 9.59 Å². The van der Waals surface area contributed by atoms with Crippen LogP contribution in [0.2, 0.25) is 5.02 Å². The summed E-state index contributed by atoms with van der Waals surface area (Å²) in [6.45, 7) is 4.37. The first-order valence-electron chi connectivity index (χ1n) is 18.4. The molecule has 6 aromatic rings. The molecule has 8 rings (SSSR count). The quantitative estimate of drug-likeness (QED) is 0.0996. The molecule has 2 aliphatic rings. The van der Waals surface area contributed by atoms with Crippen molar-refractivity contribution in [3.8, 4) is 34.7 Å². The number of nitrogens with one attached hydrogen (secondary N) is 3. The lowest BCUT2D eigenvalue weighted by atomic mass is 9.97. The summed E-state index contributed by atoms with van der Waals surface area (Å²) in [4.78, 5) is 44.6. The van der Waals surface area contributed by atoms with Crippen LogP contribution in [0.1, 0.15) is 42.4 Å². The summed E-state index contributed by atoms with van der Waals surface area (Å²) in [7, 11) is 0. The van der Waals surface area contributed by atoms with Crippen LogP contribution in [-0.4, -0.2) is 31.8 Å². The lowest BCUT2D eigenvalue weighted by Crippen LogP contribution is -2.15. The van der Waals surface area contributed by atoms with Crippen LogP contribution in [0.5, 0.6) is 0 Å². The zero-order chi connectivity index (χ0) is 39.1. The monoisotopic (exact) mass is 760 g/mol. The van der Waals surface area contributed by atoms with Crippen molar-refractivity contribution in [2.45, 2.75) is 46.1 Å². The number of nitrogens with zero attached hydrogens (tertiary/aromatic N) is 6. The Morgan fingerprint density at radius 1 is 0.786 bits per heavy atom. The maximum absolute atomic E-state index is 12.9. The highest BCUT2D eigenvalue weighted by molar-refractivity contribution is 6.33. The van der Waals surface area contributed by atoms with Gasteiger partial charge in [0.25, 0.3) is 0 Å². The van der Waals surface area contributed by atoms with Crippen molar-refractivity contribution in [2.24, 2.45) is 23.7 Å². The van der Waals surface area contributed by atoms with Crippen LogP contribution < -0.4 is 21.7 Å². The van der Waals surface area contributed by atoms with Crippen molar-refractivity contribution in [1.82, 2.24) is 19.9 Å². The third-order valence-corrected chi connectivity index (χ3v) is 11.0. The van der Waals surface area contributed by atoms with E-state index in [9.17, 15) is 9.59 Å². The van der Waals surface area contributed by atoms with E-state index >= 15 is 0 Å². The number of carbonyl (C=O) groups is 2. The number of hydrogen-bond acceptors (Lipinski definition) is 10. The van der Waals surface area contributed by atoms with Crippen molar-refractivity contribution < 1.29 is 9.59 Å².